The minimum atomic E-state index is -0.267. The maximum Gasteiger partial charge on any atom is 0.461 e. The van der Waals surface area contributed by atoms with Crippen LogP contribution in [0.4, 0.5) is 0 Å². The molecule has 0 N–H and O–H groups in total. The van der Waals surface area contributed by atoms with Crippen LogP contribution in [0, 0.1) is 5.92 Å². The lowest BCUT2D eigenvalue weighted by atomic mass is 9.62. The molecule has 4 nitrogen and oxygen atoms in total. The van der Waals surface area contributed by atoms with E-state index in [1.54, 1.807) is 0 Å². The van der Waals surface area contributed by atoms with E-state index in [1.807, 2.05) is 0 Å². The fraction of sp³-hybridized carbons (Fsp3) is 0.929. The molecule has 2 aliphatic rings. The monoisotopic (exact) mass is 268 g/mol. The van der Waals surface area contributed by atoms with Crippen molar-refractivity contribution >= 4 is 13.1 Å². The molecule has 0 unspecified atom stereocenters. The summed E-state index contributed by atoms with van der Waals surface area (Å²) in [7, 11) is 1.33. The molecule has 0 aromatic carbocycles. The van der Waals surface area contributed by atoms with Crippen LogP contribution in [0.15, 0.2) is 0 Å². The van der Waals surface area contributed by atoms with E-state index in [-0.39, 0.29) is 30.2 Å². The Kier molecular flexibility index (Phi) is 3.98. The van der Waals surface area contributed by atoms with Crippen molar-refractivity contribution in [1.82, 2.24) is 0 Å². The van der Waals surface area contributed by atoms with Gasteiger partial charge < -0.3 is 14.0 Å². The first kappa shape index (κ1) is 14.9. The van der Waals surface area contributed by atoms with Crippen LogP contribution < -0.4 is 0 Å². The molecule has 0 spiro atoms. The third-order valence-corrected chi connectivity index (χ3v) is 4.96. The highest BCUT2D eigenvalue weighted by Gasteiger charge is 2.54. The van der Waals surface area contributed by atoms with Gasteiger partial charge in [-0.1, -0.05) is 12.8 Å². The van der Waals surface area contributed by atoms with Crippen molar-refractivity contribution in [3.05, 3.63) is 0 Å². The molecule has 2 rings (SSSR count). The average molecular weight is 268 g/mol. The predicted molar refractivity (Wildman–Crippen MR) is 73.8 cm³/mol. The summed E-state index contributed by atoms with van der Waals surface area (Å²) in [4.78, 5) is 11.5. The average Bonchev–Trinajstić information content (AvgIpc) is 2.58. The second kappa shape index (κ2) is 5.10. The summed E-state index contributed by atoms with van der Waals surface area (Å²) in [6.45, 7) is 8.31. The second-order valence-electron chi connectivity index (χ2n) is 6.76. The number of rotatable bonds is 2. The molecule has 0 bridgehead atoms. The number of carbonyl (C=O) groups excluding carboxylic acids is 1. The fourth-order valence-corrected chi connectivity index (χ4v) is 2.87. The van der Waals surface area contributed by atoms with Gasteiger partial charge in [-0.2, -0.15) is 0 Å². The molecule has 2 fully saturated rings. The Balaban J connectivity index is 1.91. The first-order valence-corrected chi connectivity index (χ1v) is 7.20. The van der Waals surface area contributed by atoms with Crippen molar-refractivity contribution in [3.8, 4) is 0 Å². The van der Waals surface area contributed by atoms with Gasteiger partial charge in [0.2, 0.25) is 0 Å². The minimum absolute atomic E-state index is 0.0590. The van der Waals surface area contributed by atoms with Crippen molar-refractivity contribution in [3.63, 3.8) is 0 Å². The predicted octanol–water partition coefficient (Wildman–Crippen LogP) is 2.81. The van der Waals surface area contributed by atoms with E-state index in [2.05, 4.69) is 27.7 Å². The molecule has 0 radical (unpaired) electrons. The third-order valence-electron chi connectivity index (χ3n) is 4.96. The van der Waals surface area contributed by atoms with E-state index in [1.165, 1.54) is 7.11 Å². The number of esters is 1. The number of ether oxygens (including phenoxy) is 1. The van der Waals surface area contributed by atoms with Crippen molar-refractivity contribution in [2.75, 3.05) is 7.11 Å². The maximum atomic E-state index is 11.5. The smallest absolute Gasteiger partial charge is 0.461 e. The van der Waals surface area contributed by atoms with Gasteiger partial charge in [-0.25, -0.2) is 0 Å². The Morgan fingerprint density at radius 1 is 1.05 bits per heavy atom. The lowest BCUT2D eigenvalue weighted by Gasteiger charge is -2.32. The van der Waals surface area contributed by atoms with Crippen LogP contribution in [-0.4, -0.2) is 31.4 Å². The topological polar surface area (TPSA) is 44.8 Å². The Morgan fingerprint density at radius 2 is 1.53 bits per heavy atom. The van der Waals surface area contributed by atoms with Gasteiger partial charge in [0.15, 0.2) is 0 Å². The van der Waals surface area contributed by atoms with Gasteiger partial charge in [0.1, 0.15) is 0 Å². The number of carbonyl (C=O) groups is 1. The molecular weight excluding hydrogens is 243 g/mol. The van der Waals surface area contributed by atoms with E-state index in [4.69, 9.17) is 14.0 Å². The third kappa shape index (κ3) is 2.82. The standard InChI is InChI=1S/C14H25BO4/c1-13(2)14(3,4)19-15(18-13)11-8-6-10(7-9-11)12(16)17-5/h10-11H,6-9H2,1-5H3. The van der Waals surface area contributed by atoms with Crippen molar-refractivity contribution in [2.45, 2.75) is 70.4 Å². The molecule has 1 saturated carbocycles. The Hall–Kier alpha value is -0.545. The lowest BCUT2D eigenvalue weighted by molar-refractivity contribution is -0.146. The second-order valence-corrected chi connectivity index (χ2v) is 6.76. The molecule has 0 aromatic heterocycles. The van der Waals surface area contributed by atoms with Gasteiger partial charge in [-0.3, -0.25) is 4.79 Å². The fourth-order valence-electron chi connectivity index (χ4n) is 2.87. The van der Waals surface area contributed by atoms with Crippen LogP contribution in [-0.2, 0) is 18.8 Å². The Morgan fingerprint density at radius 3 is 1.95 bits per heavy atom. The molecule has 1 heterocycles. The summed E-state index contributed by atoms with van der Waals surface area (Å²) in [5.41, 5.74) is -0.534. The van der Waals surface area contributed by atoms with Crippen molar-refractivity contribution in [2.24, 2.45) is 5.92 Å². The summed E-state index contributed by atoms with van der Waals surface area (Å²) in [5.74, 6) is 0.373. The first-order valence-electron chi connectivity index (χ1n) is 7.20. The zero-order valence-electron chi connectivity index (χ0n) is 12.7. The van der Waals surface area contributed by atoms with E-state index < -0.39 is 0 Å². The highest BCUT2D eigenvalue weighted by molar-refractivity contribution is 6.47. The zero-order valence-corrected chi connectivity index (χ0v) is 12.7. The number of methoxy groups -OCH3 is 1. The number of hydrogen-bond donors (Lipinski definition) is 0. The molecule has 0 amide bonds. The van der Waals surface area contributed by atoms with Crippen LogP contribution in [0.2, 0.25) is 5.82 Å². The van der Waals surface area contributed by atoms with E-state index in [9.17, 15) is 4.79 Å². The molecule has 5 heteroatoms. The zero-order chi connectivity index (χ0) is 14.3. The van der Waals surface area contributed by atoms with Crippen LogP contribution in [0.5, 0.6) is 0 Å². The largest absolute Gasteiger partial charge is 0.469 e. The normalized spacial score (nSPS) is 33.2. The van der Waals surface area contributed by atoms with E-state index in [0.717, 1.165) is 25.7 Å². The van der Waals surface area contributed by atoms with Gasteiger partial charge in [0.25, 0.3) is 0 Å². The van der Waals surface area contributed by atoms with E-state index >= 15 is 0 Å². The molecule has 0 aromatic rings. The summed E-state index contributed by atoms with van der Waals surface area (Å²) in [6.07, 6.45) is 3.69. The molecule has 19 heavy (non-hydrogen) atoms. The molecular formula is C14H25BO4. The van der Waals surface area contributed by atoms with Gasteiger partial charge >= 0.3 is 13.1 Å². The summed E-state index contributed by atoms with van der Waals surface area (Å²) < 4.78 is 17.0. The molecule has 1 aliphatic heterocycles. The minimum Gasteiger partial charge on any atom is -0.469 e. The van der Waals surface area contributed by atoms with Gasteiger partial charge in [0, 0.05) is 0 Å². The van der Waals surface area contributed by atoms with E-state index in [0.29, 0.717) is 5.82 Å². The summed E-state index contributed by atoms with van der Waals surface area (Å²) in [6, 6.07) is 0. The first-order chi connectivity index (χ1) is 8.77. The maximum absolute atomic E-state index is 11.5. The summed E-state index contributed by atoms with van der Waals surface area (Å²) in [5, 5.41) is 0. The molecule has 0 atom stereocenters. The Labute approximate surface area is 116 Å². The summed E-state index contributed by atoms with van der Waals surface area (Å²) >= 11 is 0. The van der Waals surface area contributed by atoms with Crippen molar-refractivity contribution < 1.29 is 18.8 Å². The highest BCUT2D eigenvalue weighted by Crippen LogP contribution is 2.44. The quantitative estimate of drug-likeness (QED) is 0.570. The van der Waals surface area contributed by atoms with Crippen LogP contribution in [0.25, 0.3) is 0 Å². The van der Waals surface area contributed by atoms with Gasteiger partial charge in [-0.15, -0.1) is 0 Å². The van der Waals surface area contributed by atoms with Gasteiger partial charge in [0.05, 0.1) is 24.2 Å². The molecule has 1 saturated heterocycles. The van der Waals surface area contributed by atoms with Crippen LogP contribution >= 0.6 is 0 Å². The Bertz CT molecular complexity index is 329. The van der Waals surface area contributed by atoms with Gasteiger partial charge in [-0.05, 0) is 46.4 Å². The van der Waals surface area contributed by atoms with Crippen LogP contribution in [0.3, 0.4) is 0 Å². The molecule has 108 valence electrons. The SMILES string of the molecule is COC(=O)C1CCC(B2OC(C)(C)C(C)(C)O2)CC1. The number of hydrogen-bond acceptors (Lipinski definition) is 4. The molecule has 1 aliphatic carbocycles. The lowest BCUT2D eigenvalue weighted by Crippen LogP contribution is -2.41. The highest BCUT2D eigenvalue weighted by atomic mass is 16.7. The van der Waals surface area contributed by atoms with Crippen LogP contribution in [0.1, 0.15) is 53.4 Å². The van der Waals surface area contributed by atoms with Crippen molar-refractivity contribution in [1.29, 1.82) is 0 Å².